The molecule has 1 aliphatic heterocycles. The molecule has 0 unspecified atom stereocenters. The van der Waals surface area contributed by atoms with Gasteiger partial charge in [0.2, 0.25) is 5.91 Å². The molecule has 3 rings (SSSR count). The van der Waals surface area contributed by atoms with Crippen LogP contribution in [0.15, 0.2) is 47.1 Å². The molecule has 1 saturated heterocycles. The molecule has 0 bridgehead atoms. The van der Waals surface area contributed by atoms with Crippen molar-refractivity contribution in [3.8, 4) is 0 Å². The van der Waals surface area contributed by atoms with E-state index in [0.717, 1.165) is 43.5 Å². The lowest BCUT2D eigenvalue weighted by Gasteiger charge is -2.34. The van der Waals surface area contributed by atoms with Crippen molar-refractivity contribution in [1.82, 2.24) is 9.80 Å². The molecule has 5 heteroatoms. The number of nitrogens with zero attached hydrogens (tertiary/aromatic N) is 2. The topological polar surface area (TPSA) is 36.7 Å². The van der Waals surface area contributed by atoms with Gasteiger partial charge in [-0.1, -0.05) is 23.7 Å². The van der Waals surface area contributed by atoms with E-state index in [-0.39, 0.29) is 5.91 Å². The summed E-state index contributed by atoms with van der Waals surface area (Å²) in [6, 6.07) is 11.7. The van der Waals surface area contributed by atoms with Crippen LogP contribution in [0.2, 0.25) is 5.02 Å². The van der Waals surface area contributed by atoms with Crippen molar-refractivity contribution in [1.29, 1.82) is 0 Å². The number of hydrogen-bond acceptors (Lipinski definition) is 3. The molecular weight excluding hydrogens is 312 g/mol. The number of hydrogen-bond donors (Lipinski definition) is 0. The highest BCUT2D eigenvalue weighted by Crippen LogP contribution is 2.14. The van der Waals surface area contributed by atoms with Crippen LogP contribution in [0, 0.1) is 0 Å². The van der Waals surface area contributed by atoms with Gasteiger partial charge in [-0.3, -0.25) is 9.69 Å². The van der Waals surface area contributed by atoms with Crippen LogP contribution in [0.5, 0.6) is 0 Å². The van der Waals surface area contributed by atoms with Gasteiger partial charge in [0, 0.05) is 50.6 Å². The number of piperazine rings is 1. The molecule has 0 atom stereocenters. The maximum absolute atomic E-state index is 12.3. The molecule has 2 heterocycles. The Kier molecular flexibility index (Phi) is 5.36. The Morgan fingerprint density at radius 2 is 1.96 bits per heavy atom. The van der Waals surface area contributed by atoms with Gasteiger partial charge in [-0.2, -0.15) is 0 Å². The lowest BCUT2D eigenvalue weighted by atomic mass is 10.2. The average Bonchev–Trinajstić information content (AvgIpc) is 3.07. The van der Waals surface area contributed by atoms with Crippen molar-refractivity contribution < 1.29 is 9.21 Å². The van der Waals surface area contributed by atoms with E-state index in [2.05, 4.69) is 11.0 Å². The average molecular weight is 333 g/mol. The van der Waals surface area contributed by atoms with E-state index in [1.165, 1.54) is 5.56 Å². The Hall–Kier alpha value is -1.78. The molecule has 23 heavy (non-hydrogen) atoms. The SMILES string of the molecule is O=C(CCc1ccco1)N1CCN(Cc2cccc(Cl)c2)CC1. The van der Waals surface area contributed by atoms with Crippen molar-refractivity contribution in [2.45, 2.75) is 19.4 Å². The first-order chi connectivity index (χ1) is 11.2. The molecule has 0 saturated carbocycles. The predicted molar refractivity (Wildman–Crippen MR) is 90.3 cm³/mol. The van der Waals surface area contributed by atoms with E-state index >= 15 is 0 Å². The van der Waals surface area contributed by atoms with Crippen LogP contribution in [0.4, 0.5) is 0 Å². The Morgan fingerprint density at radius 3 is 2.65 bits per heavy atom. The van der Waals surface area contributed by atoms with Crippen LogP contribution in [-0.2, 0) is 17.8 Å². The maximum Gasteiger partial charge on any atom is 0.223 e. The highest BCUT2D eigenvalue weighted by molar-refractivity contribution is 6.30. The standard InChI is InChI=1S/C18H21ClN2O2/c19-16-4-1-3-15(13-16)14-20-8-10-21(11-9-20)18(22)7-6-17-5-2-12-23-17/h1-5,12-13H,6-11,14H2. The summed E-state index contributed by atoms with van der Waals surface area (Å²) in [4.78, 5) is 16.6. The van der Waals surface area contributed by atoms with Gasteiger partial charge in [0.1, 0.15) is 5.76 Å². The molecule has 1 aliphatic rings. The monoisotopic (exact) mass is 332 g/mol. The van der Waals surface area contributed by atoms with Crippen LogP contribution in [0.1, 0.15) is 17.7 Å². The molecule has 122 valence electrons. The van der Waals surface area contributed by atoms with Crippen LogP contribution < -0.4 is 0 Å². The number of rotatable bonds is 5. The van der Waals surface area contributed by atoms with Gasteiger partial charge in [-0.15, -0.1) is 0 Å². The molecule has 0 radical (unpaired) electrons. The van der Waals surface area contributed by atoms with E-state index in [1.807, 2.05) is 35.2 Å². The smallest absolute Gasteiger partial charge is 0.223 e. The largest absolute Gasteiger partial charge is 0.469 e. The molecule has 0 N–H and O–H groups in total. The number of halogens is 1. The van der Waals surface area contributed by atoms with Crippen LogP contribution >= 0.6 is 11.6 Å². The minimum absolute atomic E-state index is 0.212. The maximum atomic E-state index is 12.3. The summed E-state index contributed by atoms with van der Waals surface area (Å²) in [7, 11) is 0. The van der Waals surface area contributed by atoms with E-state index in [9.17, 15) is 4.79 Å². The van der Waals surface area contributed by atoms with Gasteiger partial charge < -0.3 is 9.32 Å². The fourth-order valence-electron chi connectivity index (χ4n) is 2.89. The lowest BCUT2D eigenvalue weighted by Crippen LogP contribution is -2.48. The van der Waals surface area contributed by atoms with E-state index < -0.39 is 0 Å². The van der Waals surface area contributed by atoms with Gasteiger partial charge >= 0.3 is 0 Å². The van der Waals surface area contributed by atoms with E-state index in [1.54, 1.807) is 6.26 Å². The third-order valence-electron chi connectivity index (χ3n) is 4.19. The molecule has 1 fully saturated rings. The van der Waals surface area contributed by atoms with Crippen molar-refractivity contribution >= 4 is 17.5 Å². The summed E-state index contributed by atoms with van der Waals surface area (Å²) in [6.07, 6.45) is 2.84. The minimum Gasteiger partial charge on any atom is -0.469 e. The Morgan fingerprint density at radius 1 is 1.13 bits per heavy atom. The summed E-state index contributed by atoms with van der Waals surface area (Å²) < 4.78 is 5.27. The Balaban J connectivity index is 1.43. The van der Waals surface area contributed by atoms with Crippen LogP contribution in [0.25, 0.3) is 0 Å². The van der Waals surface area contributed by atoms with Gasteiger partial charge in [-0.05, 0) is 29.8 Å². The zero-order valence-corrected chi connectivity index (χ0v) is 13.8. The molecular formula is C18H21ClN2O2. The first kappa shape index (κ1) is 16.1. The minimum atomic E-state index is 0.212. The second-order valence-electron chi connectivity index (χ2n) is 5.87. The highest BCUT2D eigenvalue weighted by Gasteiger charge is 2.21. The predicted octanol–water partition coefficient (Wildman–Crippen LogP) is 3.21. The number of carbonyl (C=O) groups is 1. The summed E-state index contributed by atoms with van der Waals surface area (Å²) in [6.45, 7) is 4.27. The van der Waals surface area contributed by atoms with Gasteiger partial charge in [0.15, 0.2) is 0 Å². The first-order valence-electron chi connectivity index (χ1n) is 7.98. The second-order valence-corrected chi connectivity index (χ2v) is 6.30. The third-order valence-corrected chi connectivity index (χ3v) is 4.42. The summed E-state index contributed by atoms with van der Waals surface area (Å²) >= 11 is 6.03. The van der Waals surface area contributed by atoms with Crippen LogP contribution in [-0.4, -0.2) is 41.9 Å². The summed E-state index contributed by atoms with van der Waals surface area (Å²) in [5, 5.41) is 0.772. The molecule has 0 aliphatic carbocycles. The number of carbonyl (C=O) groups excluding carboxylic acids is 1. The normalized spacial score (nSPS) is 15.8. The van der Waals surface area contributed by atoms with Gasteiger partial charge in [0.25, 0.3) is 0 Å². The fraction of sp³-hybridized carbons (Fsp3) is 0.389. The van der Waals surface area contributed by atoms with E-state index in [4.69, 9.17) is 16.0 Å². The van der Waals surface area contributed by atoms with Crippen LogP contribution in [0.3, 0.4) is 0 Å². The Labute approximate surface area is 141 Å². The summed E-state index contributed by atoms with van der Waals surface area (Å²) in [5.41, 5.74) is 1.22. The highest BCUT2D eigenvalue weighted by atomic mass is 35.5. The van der Waals surface area contributed by atoms with Gasteiger partial charge in [0.05, 0.1) is 6.26 Å². The molecule has 0 spiro atoms. The lowest BCUT2D eigenvalue weighted by molar-refractivity contribution is -0.133. The first-order valence-corrected chi connectivity index (χ1v) is 8.35. The van der Waals surface area contributed by atoms with Crippen molar-refractivity contribution in [3.05, 3.63) is 59.0 Å². The molecule has 1 aromatic heterocycles. The number of amides is 1. The summed E-state index contributed by atoms with van der Waals surface area (Å²) in [5.74, 6) is 1.08. The second kappa shape index (κ2) is 7.66. The quantitative estimate of drug-likeness (QED) is 0.843. The molecule has 2 aromatic rings. The number of furan rings is 1. The van der Waals surface area contributed by atoms with Crippen molar-refractivity contribution in [2.75, 3.05) is 26.2 Å². The molecule has 1 aromatic carbocycles. The zero-order chi connectivity index (χ0) is 16.1. The van der Waals surface area contributed by atoms with Crippen molar-refractivity contribution in [3.63, 3.8) is 0 Å². The molecule has 4 nitrogen and oxygen atoms in total. The zero-order valence-electron chi connectivity index (χ0n) is 13.1. The third kappa shape index (κ3) is 4.60. The fourth-order valence-corrected chi connectivity index (χ4v) is 3.10. The number of aryl methyl sites for hydroxylation is 1. The molecule has 1 amide bonds. The van der Waals surface area contributed by atoms with E-state index in [0.29, 0.717) is 12.8 Å². The Bertz CT molecular complexity index is 634. The van der Waals surface area contributed by atoms with Gasteiger partial charge in [-0.25, -0.2) is 0 Å². The van der Waals surface area contributed by atoms with Crippen molar-refractivity contribution in [2.24, 2.45) is 0 Å². The number of benzene rings is 1.